The van der Waals surface area contributed by atoms with Crippen LogP contribution in [-0.4, -0.2) is 27.1 Å². The first-order chi connectivity index (χ1) is 17.1. The molecule has 1 unspecified atom stereocenters. The highest BCUT2D eigenvalue weighted by Crippen LogP contribution is 2.34. The van der Waals surface area contributed by atoms with Gasteiger partial charge in [0.15, 0.2) is 11.6 Å². The van der Waals surface area contributed by atoms with Crippen molar-refractivity contribution in [3.8, 4) is 17.4 Å². The number of fused-ring (bicyclic) bond motifs is 1. The Hall–Kier alpha value is -3.63. The summed E-state index contributed by atoms with van der Waals surface area (Å²) >= 11 is 0. The third-order valence-corrected chi connectivity index (χ3v) is 5.95. The average molecular weight is 507 g/mol. The van der Waals surface area contributed by atoms with Crippen LogP contribution in [0.5, 0.6) is 17.4 Å². The van der Waals surface area contributed by atoms with Crippen LogP contribution in [0.3, 0.4) is 0 Å². The lowest BCUT2D eigenvalue weighted by molar-refractivity contribution is -0.141. The standard InChI is InChI=1S/C25H26F4N4O3/c1-4-8-32-17(5-2)13-33-22(32)12-21(31-24(33)34)35-14-16-9-15(3)23(19(26)10-16)36-18-6-7-30-20(11-18)25(27,28)29/h6-7,9-12,17H,4-5,8,13-14H2,1-3H3. The molecule has 1 aliphatic heterocycles. The van der Waals surface area contributed by atoms with E-state index in [0.717, 1.165) is 31.4 Å². The fraction of sp³-hybridized carbons (Fsp3) is 0.400. The van der Waals surface area contributed by atoms with Gasteiger partial charge in [-0.1, -0.05) is 13.8 Å². The Labute approximate surface area is 205 Å². The van der Waals surface area contributed by atoms with E-state index >= 15 is 0 Å². The molecule has 0 bridgehead atoms. The van der Waals surface area contributed by atoms with E-state index in [0.29, 0.717) is 23.7 Å². The van der Waals surface area contributed by atoms with Crippen molar-refractivity contribution in [3.63, 3.8) is 0 Å². The lowest BCUT2D eigenvalue weighted by atomic mass is 10.1. The molecule has 192 valence electrons. The fourth-order valence-corrected chi connectivity index (χ4v) is 4.26. The molecule has 0 N–H and O–H groups in total. The normalized spacial score (nSPS) is 15.2. The molecule has 0 aliphatic carbocycles. The zero-order chi connectivity index (χ0) is 26.0. The molecule has 1 aliphatic rings. The molecular weight excluding hydrogens is 480 g/mol. The number of hydrogen-bond donors (Lipinski definition) is 0. The van der Waals surface area contributed by atoms with Gasteiger partial charge in [0.2, 0.25) is 5.88 Å². The van der Waals surface area contributed by atoms with Crippen molar-refractivity contribution in [3.05, 3.63) is 69.7 Å². The molecule has 3 heterocycles. The summed E-state index contributed by atoms with van der Waals surface area (Å²) in [7, 11) is 0. The van der Waals surface area contributed by atoms with Gasteiger partial charge in [0, 0.05) is 37.5 Å². The Morgan fingerprint density at radius 1 is 1.17 bits per heavy atom. The summed E-state index contributed by atoms with van der Waals surface area (Å²) in [6.07, 6.45) is -1.88. The van der Waals surface area contributed by atoms with Crippen molar-refractivity contribution < 1.29 is 27.0 Å². The number of anilines is 1. The highest BCUT2D eigenvalue weighted by molar-refractivity contribution is 5.47. The number of hydrogen-bond acceptors (Lipinski definition) is 6. The summed E-state index contributed by atoms with van der Waals surface area (Å²) in [5, 5.41) is 0. The van der Waals surface area contributed by atoms with Crippen LogP contribution >= 0.6 is 0 Å². The van der Waals surface area contributed by atoms with Crippen LogP contribution in [0.2, 0.25) is 0 Å². The van der Waals surface area contributed by atoms with Gasteiger partial charge in [0.1, 0.15) is 23.9 Å². The third-order valence-electron chi connectivity index (χ3n) is 5.95. The molecule has 0 saturated carbocycles. The minimum absolute atomic E-state index is 0.0631. The van der Waals surface area contributed by atoms with E-state index in [2.05, 4.69) is 28.7 Å². The second-order valence-electron chi connectivity index (χ2n) is 8.59. The minimum Gasteiger partial charge on any atom is -0.473 e. The summed E-state index contributed by atoms with van der Waals surface area (Å²) in [5.74, 6) is -0.263. The van der Waals surface area contributed by atoms with E-state index < -0.39 is 23.4 Å². The van der Waals surface area contributed by atoms with Crippen LogP contribution in [0.1, 0.15) is 43.5 Å². The predicted molar refractivity (Wildman–Crippen MR) is 125 cm³/mol. The van der Waals surface area contributed by atoms with Crippen LogP contribution in [0, 0.1) is 12.7 Å². The van der Waals surface area contributed by atoms with E-state index in [4.69, 9.17) is 9.47 Å². The molecule has 2 aromatic heterocycles. The average Bonchev–Trinajstić information content (AvgIpc) is 3.18. The highest BCUT2D eigenvalue weighted by Gasteiger charge is 2.33. The van der Waals surface area contributed by atoms with Crippen LogP contribution in [0.15, 0.2) is 41.3 Å². The lowest BCUT2D eigenvalue weighted by Crippen LogP contribution is -2.31. The maximum Gasteiger partial charge on any atom is 0.433 e. The molecule has 3 aromatic rings. The Bertz CT molecular complexity index is 1290. The van der Waals surface area contributed by atoms with Gasteiger partial charge in [0.05, 0.1) is 0 Å². The summed E-state index contributed by atoms with van der Waals surface area (Å²) in [6.45, 7) is 7.03. The van der Waals surface area contributed by atoms with Crippen molar-refractivity contribution in [2.75, 3.05) is 11.4 Å². The number of aryl methyl sites for hydroxylation is 1. The largest absolute Gasteiger partial charge is 0.473 e. The number of ether oxygens (including phenoxy) is 2. The summed E-state index contributed by atoms with van der Waals surface area (Å²) in [4.78, 5) is 22.0. The van der Waals surface area contributed by atoms with E-state index in [9.17, 15) is 22.4 Å². The number of rotatable bonds is 8. The molecule has 4 rings (SSSR count). The van der Waals surface area contributed by atoms with Gasteiger partial charge in [-0.25, -0.2) is 9.18 Å². The zero-order valence-corrected chi connectivity index (χ0v) is 20.1. The number of aromatic nitrogens is 3. The molecule has 11 heteroatoms. The van der Waals surface area contributed by atoms with Gasteiger partial charge in [-0.05, 0) is 49.1 Å². The molecule has 0 spiro atoms. The molecule has 0 saturated heterocycles. The van der Waals surface area contributed by atoms with Gasteiger partial charge in [-0.3, -0.25) is 9.55 Å². The topological polar surface area (TPSA) is 69.5 Å². The minimum atomic E-state index is -4.65. The monoisotopic (exact) mass is 506 g/mol. The molecule has 0 fully saturated rings. The first-order valence-corrected chi connectivity index (χ1v) is 11.6. The number of alkyl halides is 3. The number of halogens is 4. The molecule has 36 heavy (non-hydrogen) atoms. The van der Waals surface area contributed by atoms with Gasteiger partial charge < -0.3 is 14.4 Å². The van der Waals surface area contributed by atoms with Crippen molar-refractivity contribution in [1.29, 1.82) is 0 Å². The fourth-order valence-electron chi connectivity index (χ4n) is 4.26. The van der Waals surface area contributed by atoms with Crippen LogP contribution < -0.4 is 20.1 Å². The van der Waals surface area contributed by atoms with E-state index in [1.807, 2.05) is 0 Å². The van der Waals surface area contributed by atoms with Crippen LogP contribution in [-0.2, 0) is 19.3 Å². The van der Waals surface area contributed by atoms with E-state index in [1.165, 1.54) is 12.1 Å². The molecule has 1 atom stereocenters. The summed E-state index contributed by atoms with van der Waals surface area (Å²) in [5.41, 5.74) is -0.729. The van der Waals surface area contributed by atoms with Crippen molar-refractivity contribution in [2.45, 2.75) is 59.0 Å². The Balaban J connectivity index is 1.51. The van der Waals surface area contributed by atoms with Gasteiger partial charge >= 0.3 is 11.9 Å². The highest BCUT2D eigenvalue weighted by atomic mass is 19.4. The quantitative estimate of drug-likeness (QED) is 0.377. The summed E-state index contributed by atoms with van der Waals surface area (Å²) < 4.78 is 66.3. The molecule has 0 amide bonds. The maximum absolute atomic E-state index is 14.8. The predicted octanol–water partition coefficient (Wildman–Crippen LogP) is 5.48. The van der Waals surface area contributed by atoms with E-state index in [-0.39, 0.29) is 30.0 Å². The van der Waals surface area contributed by atoms with E-state index in [1.54, 1.807) is 23.6 Å². The molecule has 1 aromatic carbocycles. The second-order valence-corrected chi connectivity index (χ2v) is 8.59. The van der Waals surface area contributed by atoms with Gasteiger partial charge in [0.25, 0.3) is 0 Å². The number of benzene rings is 1. The van der Waals surface area contributed by atoms with Crippen LogP contribution in [0.4, 0.5) is 23.4 Å². The molecule has 7 nitrogen and oxygen atoms in total. The zero-order valence-electron chi connectivity index (χ0n) is 20.1. The Morgan fingerprint density at radius 3 is 2.61 bits per heavy atom. The van der Waals surface area contributed by atoms with Gasteiger partial charge in [-0.15, -0.1) is 0 Å². The lowest BCUT2D eigenvalue weighted by Gasteiger charge is -2.24. The maximum atomic E-state index is 14.8. The molecular formula is C25H26F4N4O3. The van der Waals surface area contributed by atoms with Crippen molar-refractivity contribution in [2.24, 2.45) is 0 Å². The summed E-state index contributed by atoms with van der Waals surface area (Å²) in [6, 6.07) is 6.63. The Kier molecular flexibility index (Phi) is 7.18. The number of nitrogens with zero attached hydrogens (tertiary/aromatic N) is 4. The molecule has 0 radical (unpaired) electrons. The van der Waals surface area contributed by atoms with Gasteiger partial charge in [-0.2, -0.15) is 18.2 Å². The van der Waals surface area contributed by atoms with Crippen molar-refractivity contribution in [1.82, 2.24) is 14.5 Å². The van der Waals surface area contributed by atoms with Crippen molar-refractivity contribution >= 4 is 5.82 Å². The first-order valence-electron chi connectivity index (χ1n) is 11.6. The second kappa shape index (κ2) is 10.2. The smallest absolute Gasteiger partial charge is 0.433 e. The first kappa shape index (κ1) is 25.5. The third kappa shape index (κ3) is 5.29. The Morgan fingerprint density at radius 2 is 1.94 bits per heavy atom. The van der Waals surface area contributed by atoms with Crippen LogP contribution in [0.25, 0.3) is 0 Å². The SMILES string of the molecule is CCCN1c2cc(OCc3cc(C)c(Oc4ccnc(C(F)(F)F)c4)c(F)c3)nc(=O)n2CC1CC. The number of pyridine rings is 1.